The fourth-order valence-corrected chi connectivity index (χ4v) is 5.57. The zero-order chi connectivity index (χ0) is 12.8. The first-order chi connectivity index (χ1) is 9.28. The van der Waals surface area contributed by atoms with Crippen molar-refractivity contribution in [3.63, 3.8) is 0 Å². The van der Waals surface area contributed by atoms with Crippen molar-refractivity contribution >= 4 is 0 Å². The Morgan fingerprint density at radius 1 is 0.842 bits per heavy atom. The quantitative estimate of drug-likeness (QED) is 0.838. The number of rotatable bonds is 3. The molecule has 1 heterocycles. The standard InChI is InChI=1S/C16H29N3/c1-18-2-4-19(5-3-18)17-11-16-14-7-12-6-13(9-14)10-15(16)8-12/h12-17H,2-11H2,1H3. The van der Waals surface area contributed by atoms with Crippen molar-refractivity contribution in [1.29, 1.82) is 0 Å². The second-order valence-electron chi connectivity index (χ2n) is 7.75. The highest BCUT2D eigenvalue weighted by atomic mass is 15.5. The first-order valence-electron chi connectivity index (χ1n) is 8.45. The van der Waals surface area contributed by atoms with Crippen molar-refractivity contribution in [2.24, 2.45) is 29.6 Å². The number of hydrogen-bond donors (Lipinski definition) is 1. The Bertz CT molecular complexity index is 294. The van der Waals surface area contributed by atoms with Gasteiger partial charge in [0.2, 0.25) is 0 Å². The number of likely N-dealkylation sites (N-methyl/N-ethyl adjacent to an activating group) is 1. The molecule has 4 saturated carbocycles. The van der Waals surface area contributed by atoms with Gasteiger partial charge in [-0.15, -0.1) is 0 Å². The molecule has 0 unspecified atom stereocenters. The zero-order valence-corrected chi connectivity index (χ0v) is 12.4. The first-order valence-corrected chi connectivity index (χ1v) is 8.45. The van der Waals surface area contributed by atoms with Crippen LogP contribution >= 0.6 is 0 Å². The molecule has 5 rings (SSSR count). The van der Waals surface area contributed by atoms with Crippen LogP contribution in [0.4, 0.5) is 0 Å². The van der Waals surface area contributed by atoms with Gasteiger partial charge >= 0.3 is 0 Å². The smallest absolute Gasteiger partial charge is 0.0259 e. The summed E-state index contributed by atoms with van der Waals surface area (Å²) in [5.74, 6) is 5.35. The number of hydrogen-bond acceptors (Lipinski definition) is 3. The van der Waals surface area contributed by atoms with Gasteiger partial charge in [-0.3, -0.25) is 5.43 Å². The average molecular weight is 263 g/mol. The molecule has 1 aliphatic heterocycles. The highest BCUT2D eigenvalue weighted by molar-refractivity contribution is 4.98. The maximum Gasteiger partial charge on any atom is 0.0259 e. The van der Waals surface area contributed by atoms with Crippen LogP contribution in [0, 0.1) is 29.6 Å². The first kappa shape index (κ1) is 12.6. The number of hydrazine groups is 1. The third-order valence-corrected chi connectivity index (χ3v) is 6.48. The molecular weight excluding hydrogens is 234 g/mol. The van der Waals surface area contributed by atoms with Crippen LogP contribution in [0.2, 0.25) is 0 Å². The van der Waals surface area contributed by atoms with E-state index in [1.807, 2.05) is 0 Å². The minimum atomic E-state index is 0.993. The van der Waals surface area contributed by atoms with Crippen molar-refractivity contribution in [2.75, 3.05) is 39.8 Å². The molecule has 1 N–H and O–H groups in total. The molecular formula is C16H29N3. The van der Waals surface area contributed by atoms with Gasteiger partial charge in [-0.05, 0) is 68.7 Å². The van der Waals surface area contributed by atoms with Crippen LogP contribution < -0.4 is 5.43 Å². The maximum atomic E-state index is 3.78. The van der Waals surface area contributed by atoms with Crippen LogP contribution in [-0.2, 0) is 0 Å². The summed E-state index contributed by atoms with van der Waals surface area (Å²) in [5.41, 5.74) is 3.78. The lowest BCUT2D eigenvalue weighted by Gasteiger charge is -2.54. The largest absolute Gasteiger partial charge is 0.304 e. The molecule has 0 atom stereocenters. The van der Waals surface area contributed by atoms with Gasteiger partial charge in [0.25, 0.3) is 0 Å². The molecule has 0 aromatic heterocycles. The Hall–Kier alpha value is -0.120. The monoisotopic (exact) mass is 263 g/mol. The summed E-state index contributed by atoms with van der Waals surface area (Å²) < 4.78 is 0. The summed E-state index contributed by atoms with van der Waals surface area (Å²) in [7, 11) is 2.23. The van der Waals surface area contributed by atoms with Crippen LogP contribution in [0.15, 0.2) is 0 Å². The van der Waals surface area contributed by atoms with Gasteiger partial charge in [-0.25, -0.2) is 5.01 Å². The molecule has 4 aliphatic carbocycles. The lowest BCUT2D eigenvalue weighted by Crippen LogP contribution is -2.55. The molecule has 0 aromatic rings. The van der Waals surface area contributed by atoms with Crippen LogP contribution in [0.1, 0.15) is 32.1 Å². The summed E-state index contributed by atoms with van der Waals surface area (Å²) in [6, 6.07) is 0. The van der Waals surface area contributed by atoms with Crippen LogP contribution in [0.25, 0.3) is 0 Å². The predicted molar refractivity (Wildman–Crippen MR) is 77.6 cm³/mol. The predicted octanol–water partition coefficient (Wildman–Crippen LogP) is 1.81. The van der Waals surface area contributed by atoms with E-state index in [2.05, 4.69) is 22.4 Å². The normalized spacial score (nSPS) is 46.9. The molecule has 5 aliphatic rings. The molecule has 0 spiro atoms. The summed E-state index contributed by atoms with van der Waals surface area (Å²) >= 11 is 0. The lowest BCUT2D eigenvalue weighted by atomic mass is 9.52. The summed E-state index contributed by atoms with van der Waals surface area (Å²) in [6.07, 6.45) is 7.81. The Morgan fingerprint density at radius 3 is 2.00 bits per heavy atom. The van der Waals surface area contributed by atoms with E-state index in [0.29, 0.717) is 0 Å². The highest BCUT2D eigenvalue weighted by Gasteiger charge is 2.47. The van der Waals surface area contributed by atoms with E-state index in [0.717, 1.165) is 29.6 Å². The van der Waals surface area contributed by atoms with Gasteiger partial charge in [0, 0.05) is 32.7 Å². The molecule has 5 fully saturated rings. The van der Waals surface area contributed by atoms with E-state index in [1.54, 1.807) is 32.1 Å². The Labute approximate surface area is 117 Å². The Kier molecular flexibility index (Phi) is 3.33. The fraction of sp³-hybridized carbons (Fsp3) is 1.00. The van der Waals surface area contributed by atoms with Crippen molar-refractivity contribution in [3.8, 4) is 0 Å². The minimum absolute atomic E-state index is 0.993. The van der Waals surface area contributed by atoms with E-state index in [4.69, 9.17) is 0 Å². The number of piperazine rings is 1. The minimum Gasteiger partial charge on any atom is -0.304 e. The van der Waals surface area contributed by atoms with E-state index in [-0.39, 0.29) is 0 Å². The van der Waals surface area contributed by atoms with Gasteiger partial charge in [-0.1, -0.05) is 0 Å². The van der Waals surface area contributed by atoms with E-state index < -0.39 is 0 Å². The maximum absolute atomic E-state index is 3.78. The molecule has 0 radical (unpaired) electrons. The van der Waals surface area contributed by atoms with Crippen molar-refractivity contribution in [3.05, 3.63) is 0 Å². The molecule has 3 heteroatoms. The topological polar surface area (TPSA) is 18.5 Å². The second-order valence-corrected chi connectivity index (χ2v) is 7.75. The Balaban J connectivity index is 1.31. The van der Waals surface area contributed by atoms with E-state index in [9.17, 15) is 0 Å². The van der Waals surface area contributed by atoms with Crippen LogP contribution in [-0.4, -0.2) is 49.7 Å². The van der Waals surface area contributed by atoms with Crippen LogP contribution in [0.5, 0.6) is 0 Å². The average Bonchev–Trinajstić information content (AvgIpc) is 2.39. The molecule has 0 amide bonds. The Morgan fingerprint density at radius 2 is 1.42 bits per heavy atom. The summed E-state index contributed by atoms with van der Waals surface area (Å²) in [4.78, 5) is 2.43. The SMILES string of the molecule is CN1CCN(NCC2C3CC4CC(C3)CC2C4)CC1. The van der Waals surface area contributed by atoms with E-state index >= 15 is 0 Å². The van der Waals surface area contributed by atoms with Gasteiger partial charge < -0.3 is 4.90 Å². The van der Waals surface area contributed by atoms with Crippen molar-refractivity contribution in [1.82, 2.24) is 15.3 Å². The number of nitrogens with zero attached hydrogens (tertiary/aromatic N) is 2. The lowest BCUT2D eigenvalue weighted by molar-refractivity contribution is -0.0448. The second kappa shape index (κ2) is 5.01. The highest BCUT2D eigenvalue weighted by Crippen LogP contribution is 2.56. The van der Waals surface area contributed by atoms with Crippen molar-refractivity contribution in [2.45, 2.75) is 32.1 Å². The molecule has 19 heavy (non-hydrogen) atoms. The molecule has 0 aromatic carbocycles. The van der Waals surface area contributed by atoms with E-state index in [1.165, 1.54) is 32.7 Å². The summed E-state index contributed by atoms with van der Waals surface area (Å²) in [6.45, 7) is 6.09. The van der Waals surface area contributed by atoms with Crippen LogP contribution in [0.3, 0.4) is 0 Å². The molecule has 4 bridgehead atoms. The van der Waals surface area contributed by atoms with Gasteiger partial charge in [0.15, 0.2) is 0 Å². The zero-order valence-electron chi connectivity index (χ0n) is 12.4. The molecule has 108 valence electrons. The summed E-state index contributed by atoms with van der Waals surface area (Å²) in [5, 5.41) is 2.48. The third kappa shape index (κ3) is 2.45. The fourth-order valence-electron chi connectivity index (χ4n) is 5.57. The van der Waals surface area contributed by atoms with Gasteiger partial charge in [0.1, 0.15) is 0 Å². The van der Waals surface area contributed by atoms with Gasteiger partial charge in [-0.2, -0.15) is 0 Å². The molecule has 3 nitrogen and oxygen atoms in total. The van der Waals surface area contributed by atoms with Gasteiger partial charge in [0.05, 0.1) is 0 Å². The van der Waals surface area contributed by atoms with Crippen molar-refractivity contribution < 1.29 is 0 Å². The third-order valence-electron chi connectivity index (χ3n) is 6.48. The number of nitrogens with one attached hydrogen (secondary N) is 1. The molecule has 1 saturated heterocycles.